The number of aryl methyl sites for hydroxylation is 1. The van der Waals surface area contributed by atoms with Gasteiger partial charge in [0.15, 0.2) is 16.8 Å². The molecule has 3 aromatic heterocycles. The Labute approximate surface area is 166 Å². The maximum atomic E-state index is 12.4. The van der Waals surface area contributed by atoms with Gasteiger partial charge in [-0.2, -0.15) is 0 Å². The van der Waals surface area contributed by atoms with Gasteiger partial charge in [-0.25, -0.2) is 4.98 Å². The minimum atomic E-state index is -0.405. The number of thiazole rings is 1. The summed E-state index contributed by atoms with van der Waals surface area (Å²) < 4.78 is 7.62. The van der Waals surface area contributed by atoms with E-state index in [1.165, 1.54) is 0 Å². The Morgan fingerprint density at radius 3 is 3.18 bits per heavy atom. The molecule has 3 aromatic rings. The third kappa shape index (κ3) is 4.26. The third-order valence-corrected chi connectivity index (χ3v) is 5.76. The highest BCUT2D eigenvalue weighted by molar-refractivity contribution is 7.15. The second kappa shape index (κ2) is 8.15. The number of fused-ring (bicyclic) bond motifs is 1. The lowest BCUT2D eigenvalue weighted by atomic mass is 10.1. The van der Waals surface area contributed by atoms with Crippen molar-refractivity contribution >= 4 is 28.1 Å². The number of hydrogen-bond donors (Lipinski definition) is 3. The van der Waals surface area contributed by atoms with Crippen LogP contribution in [-0.2, 0) is 22.6 Å². The minimum Gasteiger partial charge on any atom is -0.460 e. The largest absolute Gasteiger partial charge is 0.460 e. The maximum Gasteiger partial charge on any atom is 0.279 e. The summed E-state index contributed by atoms with van der Waals surface area (Å²) in [6, 6.07) is 3.44. The molecule has 2 amide bonds. The zero-order valence-corrected chi connectivity index (χ0v) is 16.6. The molecule has 2 unspecified atom stereocenters. The fourth-order valence-electron chi connectivity index (χ4n) is 3.57. The monoisotopic (exact) mass is 402 g/mol. The van der Waals surface area contributed by atoms with E-state index in [-0.39, 0.29) is 18.2 Å². The molecule has 1 aliphatic heterocycles. The quantitative estimate of drug-likeness (QED) is 0.516. The van der Waals surface area contributed by atoms with E-state index in [2.05, 4.69) is 15.6 Å². The lowest BCUT2D eigenvalue weighted by Gasteiger charge is -2.31. The van der Waals surface area contributed by atoms with Gasteiger partial charge in [-0.3, -0.25) is 14.0 Å². The Bertz CT molecular complexity index is 947. The summed E-state index contributed by atoms with van der Waals surface area (Å²) in [4.78, 5) is 31.3. The predicted molar refractivity (Wildman–Crippen MR) is 104 cm³/mol. The highest BCUT2D eigenvalue weighted by Gasteiger charge is 2.35. The van der Waals surface area contributed by atoms with E-state index in [1.54, 1.807) is 11.3 Å². The number of carbonyl (C=O) groups excluding carboxylic acids is 2. The summed E-state index contributed by atoms with van der Waals surface area (Å²) in [5, 5.41) is 7.78. The predicted octanol–water partition coefficient (Wildman–Crippen LogP) is -0.0705. The lowest BCUT2D eigenvalue weighted by molar-refractivity contribution is -0.931. The fourth-order valence-corrected chi connectivity index (χ4v) is 4.28. The molecule has 0 spiro atoms. The van der Waals surface area contributed by atoms with Gasteiger partial charge in [0.25, 0.3) is 5.91 Å². The summed E-state index contributed by atoms with van der Waals surface area (Å²) in [5.74, 6) is 1.50. The molecule has 0 saturated carbocycles. The van der Waals surface area contributed by atoms with Gasteiger partial charge >= 0.3 is 0 Å². The van der Waals surface area contributed by atoms with Crippen LogP contribution in [0, 0.1) is 6.92 Å². The number of nitrogens with zero attached hydrogens (tertiary/aromatic N) is 2. The van der Waals surface area contributed by atoms with Crippen molar-refractivity contribution in [3.63, 3.8) is 0 Å². The molecule has 9 heteroatoms. The first-order valence-corrected chi connectivity index (χ1v) is 10.3. The van der Waals surface area contributed by atoms with E-state index in [1.807, 2.05) is 41.2 Å². The van der Waals surface area contributed by atoms with E-state index in [4.69, 9.17) is 4.42 Å². The normalized spacial score (nSPS) is 19.7. The van der Waals surface area contributed by atoms with E-state index in [0.29, 0.717) is 26.1 Å². The molecular weight excluding hydrogens is 378 g/mol. The molecule has 3 N–H and O–H groups in total. The van der Waals surface area contributed by atoms with Crippen molar-refractivity contribution in [1.29, 1.82) is 0 Å². The van der Waals surface area contributed by atoms with Crippen molar-refractivity contribution in [3.05, 3.63) is 47.1 Å². The van der Waals surface area contributed by atoms with Gasteiger partial charge in [0, 0.05) is 30.7 Å². The number of quaternary nitrogens is 1. The van der Waals surface area contributed by atoms with Crippen molar-refractivity contribution in [2.45, 2.75) is 32.4 Å². The molecule has 1 aliphatic rings. The molecular formula is C19H24N5O3S+. The van der Waals surface area contributed by atoms with Crippen LogP contribution in [0.4, 0.5) is 0 Å². The number of rotatable bonds is 7. The Balaban J connectivity index is 1.30. The Morgan fingerprint density at radius 2 is 2.39 bits per heavy atom. The van der Waals surface area contributed by atoms with Crippen molar-refractivity contribution < 1.29 is 18.9 Å². The molecule has 1 saturated heterocycles. The van der Waals surface area contributed by atoms with Crippen LogP contribution in [-0.4, -0.2) is 46.9 Å². The molecule has 2 atom stereocenters. The number of piperazine rings is 1. The van der Waals surface area contributed by atoms with Crippen LogP contribution in [0.15, 0.2) is 34.3 Å². The van der Waals surface area contributed by atoms with Crippen LogP contribution in [0.25, 0.3) is 4.96 Å². The van der Waals surface area contributed by atoms with Gasteiger partial charge < -0.3 is 20.0 Å². The molecule has 28 heavy (non-hydrogen) atoms. The number of imidazole rings is 1. The van der Waals surface area contributed by atoms with Gasteiger partial charge in [-0.15, -0.1) is 11.3 Å². The number of hydrogen-bond acceptors (Lipinski definition) is 5. The van der Waals surface area contributed by atoms with Gasteiger partial charge in [-0.1, -0.05) is 0 Å². The average Bonchev–Trinajstić information content (AvgIpc) is 3.34. The van der Waals surface area contributed by atoms with E-state index in [0.717, 1.165) is 33.6 Å². The molecule has 1 fully saturated rings. The van der Waals surface area contributed by atoms with E-state index >= 15 is 0 Å². The van der Waals surface area contributed by atoms with Crippen molar-refractivity contribution in [1.82, 2.24) is 20.0 Å². The first-order chi connectivity index (χ1) is 13.6. The molecule has 4 heterocycles. The molecule has 0 aromatic carbocycles. The molecule has 0 aliphatic carbocycles. The molecule has 148 valence electrons. The van der Waals surface area contributed by atoms with Crippen LogP contribution >= 0.6 is 11.3 Å². The topological polar surface area (TPSA) is 93.1 Å². The number of carbonyl (C=O) groups is 2. The summed E-state index contributed by atoms with van der Waals surface area (Å²) in [5.41, 5.74) is 0.947. The highest BCUT2D eigenvalue weighted by atomic mass is 32.1. The van der Waals surface area contributed by atoms with Crippen molar-refractivity contribution in [3.8, 4) is 0 Å². The summed E-state index contributed by atoms with van der Waals surface area (Å²) in [6.45, 7) is 4.39. The van der Waals surface area contributed by atoms with Gasteiger partial charge in [-0.05, 0) is 19.1 Å². The molecule has 0 bridgehead atoms. The van der Waals surface area contributed by atoms with Crippen LogP contribution in [0.3, 0.4) is 0 Å². The average molecular weight is 403 g/mol. The number of furan rings is 1. The summed E-state index contributed by atoms with van der Waals surface area (Å²) in [6.07, 6.45) is 4.77. The Hall–Kier alpha value is -2.65. The van der Waals surface area contributed by atoms with Crippen LogP contribution in [0.2, 0.25) is 0 Å². The molecule has 8 nitrogen and oxygen atoms in total. The zero-order chi connectivity index (χ0) is 19.5. The number of aromatic nitrogens is 2. The minimum absolute atomic E-state index is 0.0750. The first-order valence-electron chi connectivity index (χ1n) is 9.44. The Kier molecular flexibility index (Phi) is 5.45. The van der Waals surface area contributed by atoms with E-state index < -0.39 is 6.04 Å². The maximum absolute atomic E-state index is 12.4. The standard InChI is InChI=1S/C19H23N5O3S/c1-13-2-3-15(27-13)12-23-7-6-21-18(26)16(23)10-17(25)20-5-4-14-11-24-8-9-28-19(24)22-14/h2-3,8-9,11,16H,4-7,10,12H2,1H3,(H,20,25)(H,21,26)/p+1. The number of amides is 2. The second-order valence-corrected chi connectivity index (χ2v) is 7.94. The summed E-state index contributed by atoms with van der Waals surface area (Å²) in [7, 11) is 0. The van der Waals surface area contributed by atoms with Crippen molar-refractivity contribution in [2.24, 2.45) is 0 Å². The fraction of sp³-hybridized carbons (Fsp3) is 0.421. The zero-order valence-electron chi connectivity index (χ0n) is 15.7. The van der Waals surface area contributed by atoms with Crippen LogP contribution in [0.5, 0.6) is 0 Å². The molecule has 0 radical (unpaired) electrons. The lowest BCUT2D eigenvalue weighted by Crippen LogP contribution is -3.18. The smallest absolute Gasteiger partial charge is 0.279 e. The third-order valence-electron chi connectivity index (χ3n) is 4.99. The SMILES string of the molecule is Cc1ccc(C[NH+]2CCNC(=O)C2CC(=O)NCCc2cn3ccsc3n2)o1. The summed E-state index contributed by atoms with van der Waals surface area (Å²) >= 11 is 1.58. The van der Waals surface area contributed by atoms with Gasteiger partial charge in [0.1, 0.15) is 12.3 Å². The van der Waals surface area contributed by atoms with Crippen LogP contribution in [0.1, 0.15) is 23.6 Å². The van der Waals surface area contributed by atoms with Gasteiger partial charge in [0.2, 0.25) is 5.91 Å². The first kappa shape index (κ1) is 18.7. The second-order valence-electron chi connectivity index (χ2n) is 7.07. The molecule has 4 rings (SSSR count). The Morgan fingerprint density at radius 1 is 1.50 bits per heavy atom. The number of nitrogens with one attached hydrogen (secondary N) is 3. The van der Waals surface area contributed by atoms with Crippen molar-refractivity contribution in [2.75, 3.05) is 19.6 Å². The highest BCUT2D eigenvalue weighted by Crippen LogP contribution is 2.11. The van der Waals surface area contributed by atoms with Crippen LogP contribution < -0.4 is 15.5 Å². The van der Waals surface area contributed by atoms with Gasteiger partial charge in [0.05, 0.1) is 25.2 Å². The van der Waals surface area contributed by atoms with E-state index in [9.17, 15) is 9.59 Å².